The van der Waals surface area contributed by atoms with Crippen LogP contribution in [0.1, 0.15) is 19.3 Å². The fourth-order valence-corrected chi connectivity index (χ4v) is 0.723. The fraction of sp³-hybridized carbons (Fsp3) is 0.500. The van der Waals surface area contributed by atoms with Crippen LogP contribution in [0.4, 0.5) is 0 Å². The van der Waals surface area contributed by atoms with Gasteiger partial charge in [-0.15, -0.1) is 24.7 Å². The summed E-state index contributed by atoms with van der Waals surface area (Å²) in [6.45, 7) is 0. The fourth-order valence-electron chi connectivity index (χ4n) is 0.488. The van der Waals surface area contributed by atoms with Gasteiger partial charge in [-0.2, -0.15) is 12.6 Å². The third kappa shape index (κ3) is 5.34. The minimum absolute atomic E-state index is 0.283. The Hall–Kier alpha value is -0.530. The largest absolute Gasteiger partial charge is 0.175 e. The summed E-state index contributed by atoms with van der Waals surface area (Å²) in [7, 11) is 0. The van der Waals surface area contributed by atoms with Crippen molar-refractivity contribution in [3.63, 3.8) is 0 Å². The van der Waals surface area contributed by atoms with Gasteiger partial charge >= 0.3 is 0 Å². The Labute approximate surface area is 62.4 Å². The lowest BCUT2D eigenvalue weighted by Crippen LogP contribution is -1.94. The highest BCUT2D eigenvalue weighted by Gasteiger charge is 1.97. The summed E-state index contributed by atoms with van der Waals surface area (Å²) in [4.78, 5) is 0. The Bertz CT molecular complexity index is 136. The topological polar surface area (TPSA) is 0 Å². The van der Waals surface area contributed by atoms with Gasteiger partial charge in [-0.05, 0) is 6.42 Å². The molecule has 0 N–H and O–H groups in total. The van der Waals surface area contributed by atoms with Gasteiger partial charge in [0.05, 0.1) is 0 Å². The van der Waals surface area contributed by atoms with E-state index in [9.17, 15) is 0 Å². The Balaban J connectivity index is 3.21. The molecule has 0 aromatic rings. The lowest BCUT2D eigenvalue weighted by molar-refractivity contribution is 0.808. The maximum Gasteiger partial charge on any atom is 0.0203 e. The molecule has 0 aliphatic heterocycles. The molecule has 0 aliphatic carbocycles. The van der Waals surface area contributed by atoms with Crippen LogP contribution in [-0.4, -0.2) is 5.25 Å². The maximum absolute atomic E-state index is 5.05. The van der Waals surface area contributed by atoms with Gasteiger partial charge in [-0.25, -0.2) is 0 Å². The van der Waals surface area contributed by atoms with Crippen LogP contribution >= 0.6 is 12.6 Å². The van der Waals surface area contributed by atoms with Crippen LogP contribution in [0, 0.1) is 24.7 Å². The molecule has 0 aromatic carbocycles. The molecule has 9 heavy (non-hydrogen) atoms. The van der Waals surface area contributed by atoms with Gasteiger partial charge in [0.15, 0.2) is 0 Å². The number of thiol groups is 1. The van der Waals surface area contributed by atoms with Gasteiger partial charge in [-0.3, -0.25) is 0 Å². The maximum atomic E-state index is 5.05. The first-order chi connectivity index (χ1) is 4.31. The first kappa shape index (κ1) is 8.47. The third-order valence-corrected chi connectivity index (χ3v) is 1.42. The first-order valence-electron chi connectivity index (χ1n) is 2.86. The first-order valence-corrected chi connectivity index (χ1v) is 3.38. The van der Waals surface area contributed by atoms with Crippen molar-refractivity contribution in [1.29, 1.82) is 0 Å². The molecule has 0 fully saturated rings. The van der Waals surface area contributed by atoms with Crippen molar-refractivity contribution in [2.75, 3.05) is 0 Å². The van der Waals surface area contributed by atoms with Gasteiger partial charge in [0, 0.05) is 18.1 Å². The standard InChI is InChI=1S/C8H10S/c1-3-5-7-8(9)6-4-2/h1-2,8-9H,5-7H2. The molecule has 0 aromatic heterocycles. The third-order valence-electron chi connectivity index (χ3n) is 0.975. The summed E-state index contributed by atoms with van der Waals surface area (Å²) in [5.41, 5.74) is 0. The summed E-state index contributed by atoms with van der Waals surface area (Å²) < 4.78 is 0. The molecular weight excluding hydrogens is 128 g/mol. The van der Waals surface area contributed by atoms with Gasteiger partial charge in [0.25, 0.3) is 0 Å². The normalized spacial score (nSPS) is 11.4. The van der Waals surface area contributed by atoms with Crippen molar-refractivity contribution in [1.82, 2.24) is 0 Å². The second kappa shape index (κ2) is 5.60. The number of hydrogen-bond donors (Lipinski definition) is 1. The van der Waals surface area contributed by atoms with Crippen LogP contribution in [0.15, 0.2) is 0 Å². The van der Waals surface area contributed by atoms with E-state index < -0.39 is 0 Å². The monoisotopic (exact) mass is 138 g/mol. The average Bonchev–Trinajstić information content (AvgIpc) is 1.85. The van der Waals surface area contributed by atoms with Crippen LogP contribution in [0.5, 0.6) is 0 Å². The zero-order valence-electron chi connectivity index (χ0n) is 5.30. The van der Waals surface area contributed by atoms with Gasteiger partial charge in [0.2, 0.25) is 0 Å². The summed E-state index contributed by atoms with van der Waals surface area (Å²) in [5, 5.41) is 0.283. The number of terminal acetylenes is 2. The Morgan fingerprint density at radius 3 is 2.44 bits per heavy atom. The minimum atomic E-state index is 0.283. The zero-order chi connectivity index (χ0) is 7.11. The van der Waals surface area contributed by atoms with Crippen LogP contribution in [0.3, 0.4) is 0 Å². The van der Waals surface area contributed by atoms with Crippen molar-refractivity contribution in [2.24, 2.45) is 0 Å². The van der Waals surface area contributed by atoms with Crippen LogP contribution < -0.4 is 0 Å². The lowest BCUT2D eigenvalue weighted by atomic mass is 10.2. The van der Waals surface area contributed by atoms with E-state index in [1.54, 1.807) is 0 Å². The molecule has 0 rings (SSSR count). The second-order valence-corrected chi connectivity index (χ2v) is 2.54. The highest BCUT2D eigenvalue weighted by atomic mass is 32.1. The van der Waals surface area contributed by atoms with Crippen molar-refractivity contribution < 1.29 is 0 Å². The van der Waals surface area contributed by atoms with E-state index in [0.717, 1.165) is 12.8 Å². The predicted molar refractivity (Wildman–Crippen MR) is 44.3 cm³/mol. The van der Waals surface area contributed by atoms with E-state index in [1.807, 2.05) is 0 Å². The van der Waals surface area contributed by atoms with E-state index in [0.29, 0.717) is 6.42 Å². The highest BCUT2D eigenvalue weighted by molar-refractivity contribution is 7.80. The van der Waals surface area contributed by atoms with Crippen LogP contribution in [0.2, 0.25) is 0 Å². The summed E-state index contributed by atoms with van der Waals surface area (Å²) >= 11 is 4.21. The predicted octanol–water partition coefficient (Wildman–Crippen LogP) is 1.72. The zero-order valence-corrected chi connectivity index (χ0v) is 6.20. The summed E-state index contributed by atoms with van der Waals surface area (Å²) in [6, 6.07) is 0. The molecule has 0 saturated heterocycles. The average molecular weight is 138 g/mol. The molecule has 1 atom stereocenters. The smallest absolute Gasteiger partial charge is 0.0203 e. The molecule has 0 aliphatic rings. The van der Waals surface area contributed by atoms with Crippen molar-refractivity contribution >= 4 is 12.6 Å². The molecule has 0 amide bonds. The van der Waals surface area contributed by atoms with E-state index in [1.165, 1.54) is 0 Å². The molecule has 0 heterocycles. The van der Waals surface area contributed by atoms with E-state index in [2.05, 4.69) is 24.5 Å². The van der Waals surface area contributed by atoms with E-state index >= 15 is 0 Å². The highest BCUT2D eigenvalue weighted by Crippen LogP contribution is 2.06. The van der Waals surface area contributed by atoms with Crippen molar-refractivity contribution in [2.45, 2.75) is 24.5 Å². The van der Waals surface area contributed by atoms with Crippen LogP contribution in [-0.2, 0) is 0 Å². The van der Waals surface area contributed by atoms with Crippen LogP contribution in [0.25, 0.3) is 0 Å². The van der Waals surface area contributed by atoms with Gasteiger partial charge in [0.1, 0.15) is 0 Å². The number of hydrogen-bond acceptors (Lipinski definition) is 1. The summed E-state index contributed by atoms with van der Waals surface area (Å²) in [6.07, 6.45) is 12.5. The quantitative estimate of drug-likeness (QED) is 0.445. The molecule has 48 valence electrons. The molecule has 1 unspecified atom stereocenters. The SMILES string of the molecule is C#CCCC(S)CC#C. The lowest BCUT2D eigenvalue weighted by Gasteiger charge is -2.00. The molecular formula is C8H10S. The van der Waals surface area contributed by atoms with Crippen molar-refractivity contribution in [3.05, 3.63) is 0 Å². The molecule has 1 heteroatoms. The Morgan fingerprint density at radius 1 is 1.33 bits per heavy atom. The molecule has 0 spiro atoms. The summed E-state index contributed by atoms with van der Waals surface area (Å²) in [5.74, 6) is 5.07. The van der Waals surface area contributed by atoms with E-state index in [-0.39, 0.29) is 5.25 Å². The minimum Gasteiger partial charge on any atom is -0.175 e. The van der Waals surface area contributed by atoms with E-state index in [4.69, 9.17) is 12.8 Å². The second-order valence-electron chi connectivity index (χ2n) is 1.80. The van der Waals surface area contributed by atoms with Gasteiger partial charge in [-0.1, -0.05) is 0 Å². The molecule has 0 radical (unpaired) electrons. The Morgan fingerprint density at radius 2 is 2.00 bits per heavy atom. The Kier molecular flexibility index (Phi) is 5.27. The van der Waals surface area contributed by atoms with Gasteiger partial charge < -0.3 is 0 Å². The molecule has 0 saturated carbocycles. The molecule has 0 bridgehead atoms. The molecule has 0 nitrogen and oxygen atoms in total. The van der Waals surface area contributed by atoms with Crippen molar-refractivity contribution in [3.8, 4) is 24.7 Å². The number of rotatable bonds is 3.